The van der Waals surface area contributed by atoms with Crippen molar-refractivity contribution in [3.8, 4) is 0 Å². The lowest BCUT2D eigenvalue weighted by Gasteiger charge is -2.04. The van der Waals surface area contributed by atoms with Gasteiger partial charge < -0.3 is 0 Å². The number of halogens is 3. The molecule has 0 radical (unpaired) electrons. The quantitative estimate of drug-likeness (QED) is 0.795. The molecular weight excluding hydrogens is 321 g/mol. The van der Waals surface area contributed by atoms with Gasteiger partial charge in [0.15, 0.2) is 0 Å². The molecule has 0 aliphatic rings. The molecule has 1 heterocycles. The Morgan fingerprint density at radius 2 is 2.28 bits per heavy atom. The van der Waals surface area contributed by atoms with Crippen LogP contribution in [-0.2, 0) is 6.54 Å². The number of rotatable bonds is 4. The third kappa shape index (κ3) is 3.09. The minimum Gasteiger partial charge on any atom is -0.248 e. The molecule has 0 fully saturated rings. The standard InChI is InChI=1S/C12H12BrClFN3/c1-2-11(14)12-7-18(17-16-12)6-8-3-4-9(15)5-10(8)13/h3-5,7,11H,2,6H2,1H3. The van der Waals surface area contributed by atoms with Crippen LogP contribution in [0.4, 0.5) is 4.39 Å². The summed E-state index contributed by atoms with van der Waals surface area (Å²) in [5.74, 6) is -0.267. The van der Waals surface area contributed by atoms with Gasteiger partial charge in [-0.25, -0.2) is 9.07 Å². The highest BCUT2D eigenvalue weighted by molar-refractivity contribution is 9.10. The molecule has 0 N–H and O–H groups in total. The molecule has 6 heteroatoms. The summed E-state index contributed by atoms with van der Waals surface area (Å²) < 4.78 is 15.4. The van der Waals surface area contributed by atoms with Crippen LogP contribution in [0.2, 0.25) is 0 Å². The van der Waals surface area contributed by atoms with Gasteiger partial charge in [0.1, 0.15) is 11.5 Å². The zero-order chi connectivity index (χ0) is 13.1. The molecule has 0 saturated heterocycles. The predicted octanol–water partition coefficient (Wildman–Crippen LogP) is 3.92. The van der Waals surface area contributed by atoms with Crippen molar-refractivity contribution in [1.29, 1.82) is 0 Å². The van der Waals surface area contributed by atoms with Crippen molar-refractivity contribution in [2.45, 2.75) is 25.3 Å². The van der Waals surface area contributed by atoms with Crippen LogP contribution in [0.5, 0.6) is 0 Å². The van der Waals surface area contributed by atoms with Crippen LogP contribution in [0.15, 0.2) is 28.9 Å². The third-order valence-electron chi connectivity index (χ3n) is 2.58. The van der Waals surface area contributed by atoms with Gasteiger partial charge in [-0.15, -0.1) is 16.7 Å². The van der Waals surface area contributed by atoms with Crippen LogP contribution in [0.3, 0.4) is 0 Å². The highest BCUT2D eigenvalue weighted by Gasteiger charge is 2.11. The minimum absolute atomic E-state index is 0.115. The van der Waals surface area contributed by atoms with Gasteiger partial charge in [-0.3, -0.25) is 0 Å². The molecule has 2 rings (SSSR count). The monoisotopic (exact) mass is 331 g/mol. The fourth-order valence-electron chi connectivity index (χ4n) is 1.57. The summed E-state index contributed by atoms with van der Waals surface area (Å²) >= 11 is 9.41. The minimum atomic E-state index is -0.267. The van der Waals surface area contributed by atoms with Crippen LogP contribution in [0.25, 0.3) is 0 Å². The maximum Gasteiger partial charge on any atom is 0.124 e. The summed E-state index contributed by atoms with van der Waals surface area (Å²) in [4.78, 5) is 0. The van der Waals surface area contributed by atoms with Crippen LogP contribution < -0.4 is 0 Å². The average molecular weight is 333 g/mol. The SMILES string of the molecule is CCC(Cl)c1cn(Cc2ccc(F)cc2Br)nn1. The van der Waals surface area contributed by atoms with E-state index in [0.717, 1.165) is 22.2 Å². The Balaban J connectivity index is 2.16. The van der Waals surface area contributed by atoms with Gasteiger partial charge in [-0.05, 0) is 24.1 Å². The normalized spacial score (nSPS) is 12.7. The Kier molecular flexibility index (Phi) is 4.35. The van der Waals surface area contributed by atoms with E-state index in [9.17, 15) is 4.39 Å². The van der Waals surface area contributed by atoms with Crippen molar-refractivity contribution in [1.82, 2.24) is 15.0 Å². The molecule has 1 aromatic carbocycles. The molecule has 18 heavy (non-hydrogen) atoms. The zero-order valence-corrected chi connectivity index (χ0v) is 12.1. The summed E-state index contributed by atoms with van der Waals surface area (Å²) in [6.45, 7) is 2.52. The molecule has 0 spiro atoms. The Morgan fingerprint density at radius 1 is 1.50 bits per heavy atom. The van der Waals surface area contributed by atoms with Gasteiger partial charge in [-0.2, -0.15) is 0 Å². The lowest BCUT2D eigenvalue weighted by molar-refractivity contribution is 0.619. The van der Waals surface area contributed by atoms with Crippen LogP contribution in [0, 0.1) is 5.82 Å². The summed E-state index contributed by atoms with van der Waals surface area (Å²) in [5.41, 5.74) is 1.70. The second-order valence-electron chi connectivity index (χ2n) is 3.95. The second-order valence-corrected chi connectivity index (χ2v) is 5.33. The van der Waals surface area contributed by atoms with Gasteiger partial charge in [0.25, 0.3) is 0 Å². The molecule has 1 aromatic heterocycles. The van der Waals surface area contributed by atoms with Gasteiger partial charge in [0.05, 0.1) is 18.1 Å². The van der Waals surface area contributed by atoms with E-state index in [1.54, 1.807) is 10.7 Å². The maximum absolute atomic E-state index is 13.0. The van der Waals surface area contributed by atoms with E-state index in [-0.39, 0.29) is 11.2 Å². The maximum atomic E-state index is 13.0. The fraction of sp³-hybridized carbons (Fsp3) is 0.333. The second kappa shape index (κ2) is 5.80. The third-order valence-corrected chi connectivity index (χ3v) is 3.85. The average Bonchev–Trinajstić information content (AvgIpc) is 2.80. The van der Waals surface area contributed by atoms with E-state index in [4.69, 9.17) is 11.6 Å². The molecule has 1 atom stereocenters. The first-order valence-electron chi connectivity index (χ1n) is 5.58. The van der Waals surface area contributed by atoms with Crippen molar-refractivity contribution < 1.29 is 4.39 Å². The highest BCUT2D eigenvalue weighted by atomic mass is 79.9. The fourth-order valence-corrected chi connectivity index (χ4v) is 2.14. The number of benzene rings is 1. The molecule has 1 unspecified atom stereocenters. The van der Waals surface area contributed by atoms with Crippen molar-refractivity contribution >= 4 is 27.5 Å². The van der Waals surface area contributed by atoms with Crippen molar-refractivity contribution in [3.63, 3.8) is 0 Å². The Hall–Kier alpha value is -0.940. The number of hydrogen-bond acceptors (Lipinski definition) is 2. The van der Waals surface area contributed by atoms with E-state index in [1.165, 1.54) is 12.1 Å². The Bertz CT molecular complexity index is 544. The first-order chi connectivity index (χ1) is 8.60. The molecule has 0 aliphatic heterocycles. The predicted molar refractivity (Wildman–Crippen MR) is 72.1 cm³/mol. The summed E-state index contributed by atoms with van der Waals surface area (Å²) in [6, 6.07) is 4.58. The number of hydrogen-bond donors (Lipinski definition) is 0. The molecule has 0 bridgehead atoms. The molecular formula is C12H12BrClFN3. The molecule has 0 aliphatic carbocycles. The van der Waals surface area contributed by atoms with Crippen LogP contribution in [-0.4, -0.2) is 15.0 Å². The van der Waals surface area contributed by atoms with Crippen molar-refractivity contribution in [3.05, 3.63) is 45.9 Å². The molecule has 0 amide bonds. The Morgan fingerprint density at radius 3 is 2.94 bits per heavy atom. The van der Waals surface area contributed by atoms with E-state index >= 15 is 0 Å². The molecule has 96 valence electrons. The molecule has 2 aromatic rings. The number of nitrogens with zero attached hydrogens (tertiary/aromatic N) is 3. The number of aromatic nitrogens is 3. The summed E-state index contributed by atoms with van der Waals surface area (Å²) in [5, 5.41) is 7.92. The van der Waals surface area contributed by atoms with Crippen molar-refractivity contribution in [2.24, 2.45) is 0 Å². The van der Waals surface area contributed by atoms with Gasteiger partial charge in [0, 0.05) is 4.47 Å². The van der Waals surface area contributed by atoms with Crippen LogP contribution >= 0.6 is 27.5 Å². The zero-order valence-electron chi connectivity index (χ0n) is 9.78. The largest absolute Gasteiger partial charge is 0.248 e. The molecule has 0 saturated carbocycles. The topological polar surface area (TPSA) is 30.7 Å². The first-order valence-corrected chi connectivity index (χ1v) is 6.81. The van der Waals surface area contributed by atoms with E-state index < -0.39 is 0 Å². The number of alkyl halides is 1. The summed E-state index contributed by atoms with van der Waals surface area (Å²) in [6.07, 6.45) is 2.62. The van der Waals surface area contributed by atoms with E-state index in [2.05, 4.69) is 26.2 Å². The highest BCUT2D eigenvalue weighted by Crippen LogP contribution is 2.22. The van der Waals surface area contributed by atoms with E-state index in [1.807, 2.05) is 13.1 Å². The van der Waals surface area contributed by atoms with Gasteiger partial charge in [-0.1, -0.05) is 34.1 Å². The van der Waals surface area contributed by atoms with Gasteiger partial charge in [0.2, 0.25) is 0 Å². The molecule has 3 nitrogen and oxygen atoms in total. The Labute approximate surface area is 118 Å². The van der Waals surface area contributed by atoms with Crippen molar-refractivity contribution in [2.75, 3.05) is 0 Å². The lowest BCUT2D eigenvalue weighted by Crippen LogP contribution is -2.01. The first kappa shape index (κ1) is 13.5. The lowest BCUT2D eigenvalue weighted by atomic mass is 10.2. The van der Waals surface area contributed by atoms with Gasteiger partial charge >= 0.3 is 0 Å². The summed E-state index contributed by atoms with van der Waals surface area (Å²) in [7, 11) is 0. The smallest absolute Gasteiger partial charge is 0.124 e. The van der Waals surface area contributed by atoms with E-state index in [0.29, 0.717) is 6.54 Å². The van der Waals surface area contributed by atoms with Crippen LogP contribution in [0.1, 0.15) is 30.0 Å².